The van der Waals surface area contributed by atoms with Gasteiger partial charge in [-0.15, -0.1) is 24.8 Å². The highest BCUT2D eigenvalue weighted by Gasteiger charge is 2.39. The molecular weight excluding hydrogens is 335 g/mol. The fourth-order valence-corrected chi connectivity index (χ4v) is 3.03. The zero-order valence-electron chi connectivity index (χ0n) is 13.9. The van der Waals surface area contributed by atoms with Crippen LogP contribution in [0.5, 0.6) is 0 Å². The van der Waals surface area contributed by atoms with Crippen LogP contribution >= 0.6 is 24.8 Å². The van der Waals surface area contributed by atoms with Gasteiger partial charge in [0.25, 0.3) is 0 Å². The van der Waals surface area contributed by atoms with Gasteiger partial charge in [0.2, 0.25) is 5.91 Å². The first-order valence-corrected chi connectivity index (χ1v) is 7.87. The number of carbonyl (C=O) groups excluding carboxylic acids is 1. The van der Waals surface area contributed by atoms with E-state index in [1.807, 2.05) is 12.1 Å². The van der Waals surface area contributed by atoms with Crippen LogP contribution in [0.25, 0.3) is 0 Å². The van der Waals surface area contributed by atoms with E-state index >= 15 is 0 Å². The van der Waals surface area contributed by atoms with E-state index in [0.29, 0.717) is 6.54 Å². The number of rotatable bonds is 6. The second kappa shape index (κ2) is 9.96. The number of amides is 1. The highest BCUT2D eigenvalue weighted by molar-refractivity contribution is 5.95. The molecule has 0 saturated heterocycles. The Bertz CT molecular complexity index is 471. The van der Waals surface area contributed by atoms with Crippen molar-refractivity contribution in [2.75, 3.05) is 29.9 Å². The van der Waals surface area contributed by atoms with Gasteiger partial charge >= 0.3 is 0 Å². The first kappa shape index (κ1) is 22.0. The van der Waals surface area contributed by atoms with Gasteiger partial charge in [-0.05, 0) is 38.8 Å². The third-order valence-electron chi connectivity index (χ3n) is 4.53. The molecule has 0 radical (unpaired) electrons. The van der Waals surface area contributed by atoms with Gasteiger partial charge in [-0.1, -0.05) is 12.8 Å². The summed E-state index contributed by atoms with van der Waals surface area (Å²) < 4.78 is 0. The lowest BCUT2D eigenvalue weighted by Gasteiger charge is -2.26. The molecule has 0 unspecified atom stereocenters. The number of hydrogen-bond donors (Lipinski definition) is 2. The van der Waals surface area contributed by atoms with Crippen molar-refractivity contribution in [2.45, 2.75) is 39.5 Å². The van der Waals surface area contributed by atoms with Gasteiger partial charge in [-0.3, -0.25) is 4.79 Å². The Hall–Kier alpha value is -1.04. The summed E-state index contributed by atoms with van der Waals surface area (Å²) >= 11 is 0. The van der Waals surface area contributed by atoms with E-state index in [1.54, 1.807) is 6.20 Å². The van der Waals surface area contributed by atoms with Crippen LogP contribution in [0.15, 0.2) is 18.3 Å². The molecule has 7 heteroatoms. The molecule has 1 heterocycles. The largest absolute Gasteiger partial charge is 0.357 e. The standard InChI is InChI=1S/C16H26N4O.2ClH/c1-3-20(4-2)14-8-7-13(11-18-14)19-15(21)16(12-17)9-5-6-10-16;;/h7-8,11H,3-6,9-10,12,17H2,1-2H3,(H,19,21);2*1H. The van der Waals surface area contributed by atoms with Crippen molar-refractivity contribution < 1.29 is 4.79 Å². The van der Waals surface area contributed by atoms with Crippen LogP contribution in [0.1, 0.15) is 39.5 Å². The maximum Gasteiger partial charge on any atom is 0.231 e. The number of aromatic nitrogens is 1. The minimum Gasteiger partial charge on any atom is -0.357 e. The number of halogens is 2. The molecule has 0 spiro atoms. The highest BCUT2D eigenvalue weighted by atomic mass is 35.5. The lowest BCUT2D eigenvalue weighted by Crippen LogP contribution is -2.40. The molecule has 0 aromatic carbocycles. The Morgan fingerprint density at radius 2 is 1.87 bits per heavy atom. The summed E-state index contributed by atoms with van der Waals surface area (Å²) in [6, 6.07) is 3.87. The minimum atomic E-state index is -0.377. The molecule has 0 aliphatic heterocycles. The Morgan fingerprint density at radius 1 is 1.26 bits per heavy atom. The van der Waals surface area contributed by atoms with E-state index < -0.39 is 0 Å². The van der Waals surface area contributed by atoms with E-state index in [0.717, 1.165) is 50.3 Å². The van der Waals surface area contributed by atoms with Crippen LogP contribution in [0.3, 0.4) is 0 Å². The highest BCUT2D eigenvalue weighted by Crippen LogP contribution is 2.38. The Balaban J connectivity index is 0.00000242. The van der Waals surface area contributed by atoms with Gasteiger partial charge in [-0.25, -0.2) is 4.98 Å². The number of pyridine rings is 1. The summed E-state index contributed by atoms with van der Waals surface area (Å²) in [5, 5.41) is 2.98. The van der Waals surface area contributed by atoms with Crippen LogP contribution in [0, 0.1) is 5.41 Å². The van der Waals surface area contributed by atoms with Crippen molar-refractivity contribution in [3.8, 4) is 0 Å². The molecule has 132 valence electrons. The average Bonchev–Trinajstić information content (AvgIpc) is 3.00. The zero-order chi connectivity index (χ0) is 15.3. The topological polar surface area (TPSA) is 71.2 Å². The molecular formula is C16H28Cl2N4O. The lowest BCUT2D eigenvalue weighted by atomic mass is 9.85. The van der Waals surface area contributed by atoms with Gasteiger partial charge in [0.05, 0.1) is 17.3 Å². The summed E-state index contributed by atoms with van der Waals surface area (Å²) in [7, 11) is 0. The van der Waals surface area contributed by atoms with E-state index in [9.17, 15) is 4.79 Å². The van der Waals surface area contributed by atoms with Crippen LogP contribution in [0.4, 0.5) is 11.5 Å². The maximum absolute atomic E-state index is 12.5. The molecule has 1 saturated carbocycles. The van der Waals surface area contributed by atoms with Gasteiger partial charge in [0.1, 0.15) is 5.82 Å². The van der Waals surface area contributed by atoms with Gasteiger partial charge in [0, 0.05) is 19.6 Å². The third kappa shape index (κ3) is 4.96. The van der Waals surface area contributed by atoms with Crippen LogP contribution < -0.4 is 16.0 Å². The molecule has 1 aliphatic carbocycles. The summed E-state index contributed by atoms with van der Waals surface area (Å²) in [5.41, 5.74) is 6.21. The molecule has 0 atom stereocenters. The predicted octanol–water partition coefficient (Wildman–Crippen LogP) is 3.23. The molecule has 23 heavy (non-hydrogen) atoms. The second-order valence-electron chi connectivity index (χ2n) is 5.72. The van der Waals surface area contributed by atoms with E-state index in [4.69, 9.17) is 5.73 Å². The van der Waals surface area contributed by atoms with Crippen LogP contribution in [-0.2, 0) is 4.79 Å². The minimum absolute atomic E-state index is 0. The fraction of sp³-hybridized carbons (Fsp3) is 0.625. The second-order valence-corrected chi connectivity index (χ2v) is 5.72. The number of hydrogen-bond acceptors (Lipinski definition) is 4. The van der Waals surface area contributed by atoms with Crippen molar-refractivity contribution in [2.24, 2.45) is 11.1 Å². The SMILES string of the molecule is CCN(CC)c1ccc(NC(=O)C2(CN)CCCC2)cn1.Cl.Cl. The fourth-order valence-electron chi connectivity index (χ4n) is 3.03. The molecule has 2 rings (SSSR count). The number of nitrogens with one attached hydrogen (secondary N) is 1. The molecule has 0 bridgehead atoms. The van der Waals surface area contributed by atoms with Crippen LogP contribution in [-0.4, -0.2) is 30.5 Å². The van der Waals surface area contributed by atoms with Crippen molar-refractivity contribution in [1.29, 1.82) is 0 Å². The molecule has 1 amide bonds. The molecule has 1 fully saturated rings. The average molecular weight is 363 g/mol. The summed E-state index contributed by atoms with van der Waals surface area (Å²) in [6.45, 7) is 6.47. The summed E-state index contributed by atoms with van der Waals surface area (Å²) in [6.07, 6.45) is 5.68. The molecule has 3 N–H and O–H groups in total. The third-order valence-corrected chi connectivity index (χ3v) is 4.53. The molecule has 1 aromatic rings. The smallest absolute Gasteiger partial charge is 0.231 e. The quantitative estimate of drug-likeness (QED) is 0.814. The Morgan fingerprint density at radius 3 is 2.30 bits per heavy atom. The molecule has 1 aliphatic rings. The first-order valence-electron chi connectivity index (χ1n) is 7.87. The Kier molecular flexibility index (Phi) is 9.51. The summed E-state index contributed by atoms with van der Waals surface area (Å²) in [4.78, 5) is 19.1. The maximum atomic E-state index is 12.5. The van der Waals surface area contributed by atoms with E-state index in [2.05, 4.69) is 29.0 Å². The van der Waals surface area contributed by atoms with Crippen molar-refractivity contribution in [1.82, 2.24) is 4.98 Å². The van der Waals surface area contributed by atoms with E-state index in [-0.39, 0.29) is 36.1 Å². The zero-order valence-corrected chi connectivity index (χ0v) is 15.5. The normalized spacial score (nSPS) is 15.3. The van der Waals surface area contributed by atoms with Gasteiger partial charge in [0.15, 0.2) is 0 Å². The van der Waals surface area contributed by atoms with Crippen molar-refractivity contribution in [3.63, 3.8) is 0 Å². The van der Waals surface area contributed by atoms with Crippen LogP contribution in [0.2, 0.25) is 0 Å². The van der Waals surface area contributed by atoms with Gasteiger partial charge in [-0.2, -0.15) is 0 Å². The lowest BCUT2D eigenvalue weighted by molar-refractivity contribution is -0.124. The molecule has 1 aromatic heterocycles. The Labute approximate surface area is 151 Å². The monoisotopic (exact) mass is 362 g/mol. The van der Waals surface area contributed by atoms with Gasteiger partial charge < -0.3 is 16.0 Å². The first-order chi connectivity index (χ1) is 10.1. The van der Waals surface area contributed by atoms with Crippen molar-refractivity contribution in [3.05, 3.63) is 18.3 Å². The number of carbonyl (C=O) groups is 1. The summed E-state index contributed by atoms with van der Waals surface area (Å²) in [5.74, 6) is 0.979. The number of nitrogens with zero attached hydrogens (tertiary/aromatic N) is 2. The predicted molar refractivity (Wildman–Crippen MR) is 101 cm³/mol. The molecule has 5 nitrogen and oxygen atoms in total. The van der Waals surface area contributed by atoms with Crippen molar-refractivity contribution >= 4 is 42.2 Å². The number of nitrogens with two attached hydrogens (primary N) is 1. The van der Waals surface area contributed by atoms with E-state index in [1.165, 1.54) is 0 Å². The number of anilines is 2.